The number of carbonyl (C=O) groups is 2. The number of carboxylic acid groups (broad SMARTS) is 1. The molecular weight excluding hydrogens is 313 g/mol. The van der Waals surface area contributed by atoms with Crippen LogP contribution in [0.4, 0.5) is 23.7 Å². The van der Waals surface area contributed by atoms with Crippen LogP contribution < -0.4 is 10.6 Å². The number of amides is 2. The van der Waals surface area contributed by atoms with Crippen LogP contribution in [0.5, 0.6) is 0 Å². The number of alkyl halides is 3. The summed E-state index contributed by atoms with van der Waals surface area (Å²) in [6.45, 7) is 1.42. The SMILES string of the molecule is CC(CC(=O)O)NC(=O)Nc1ccc(Cl)cc1C(F)(F)F. The van der Waals surface area contributed by atoms with Gasteiger partial charge < -0.3 is 15.7 Å². The number of aliphatic carboxylic acids is 1. The highest BCUT2D eigenvalue weighted by Gasteiger charge is 2.34. The van der Waals surface area contributed by atoms with Gasteiger partial charge in [-0.1, -0.05) is 11.6 Å². The van der Waals surface area contributed by atoms with Crippen molar-refractivity contribution >= 4 is 29.3 Å². The molecule has 0 fully saturated rings. The van der Waals surface area contributed by atoms with Crippen molar-refractivity contribution in [2.24, 2.45) is 0 Å². The maximum absolute atomic E-state index is 12.8. The Morgan fingerprint density at radius 1 is 1.38 bits per heavy atom. The highest BCUT2D eigenvalue weighted by Crippen LogP contribution is 2.36. The Hall–Kier alpha value is -1.96. The first-order valence-electron chi connectivity index (χ1n) is 5.75. The molecular formula is C12H12ClF3N2O3. The Morgan fingerprint density at radius 2 is 2.00 bits per heavy atom. The van der Waals surface area contributed by atoms with E-state index in [0.29, 0.717) is 6.07 Å². The van der Waals surface area contributed by atoms with Gasteiger partial charge in [0.1, 0.15) is 0 Å². The first kappa shape index (κ1) is 17.1. The second kappa shape index (κ2) is 6.66. The highest BCUT2D eigenvalue weighted by atomic mass is 35.5. The number of urea groups is 1. The number of carbonyl (C=O) groups excluding carboxylic acids is 1. The zero-order valence-corrected chi connectivity index (χ0v) is 11.5. The van der Waals surface area contributed by atoms with Gasteiger partial charge in [-0.2, -0.15) is 13.2 Å². The molecule has 0 aliphatic rings. The lowest BCUT2D eigenvalue weighted by molar-refractivity contribution is -0.138. The third kappa shape index (κ3) is 5.50. The molecule has 116 valence electrons. The molecule has 0 aromatic heterocycles. The van der Waals surface area contributed by atoms with Crippen LogP contribution in [0.2, 0.25) is 5.02 Å². The number of rotatable bonds is 4. The zero-order valence-electron chi connectivity index (χ0n) is 10.8. The molecule has 9 heteroatoms. The summed E-state index contributed by atoms with van der Waals surface area (Å²) in [5.41, 5.74) is -1.55. The van der Waals surface area contributed by atoms with Crippen molar-refractivity contribution in [2.45, 2.75) is 25.6 Å². The van der Waals surface area contributed by atoms with E-state index >= 15 is 0 Å². The van der Waals surface area contributed by atoms with Gasteiger partial charge in [0.15, 0.2) is 0 Å². The van der Waals surface area contributed by atoms with E-state index in [1.807, 2.05) is 5.32 Å². The van der Waals surface area contributed by atoms with Crippen LogP contribution in [0.15, 0.2) is 18.2 Å². The summed E-state index contributed by atoms with van der Waals surface area (Å²) in [5.74, 6) is -1.13. The lowest BCUT2D eigenvalue weighted by Gasteiger charge is -2.16. The second-order valence-electron chi connectivity index (χ2n) is 4.29. The van der Waals surface area contributed by atoms with Crippen LogP contribution in [0.1, 0.15) is 18.9 Å². The minimum atomic E-state index is -4.68. The summed E-state index contributed by atoms with van der Waals surface area (Å²) in [6, 6.07) is 1.25. The fraction of sp³-hybridized carbons (Fsp3) is 0.333. The summed E-state index contributed by atoms with van der Waals surface area (Å²) in [4.78, 5) is 22.0. The number of hydrogen-bond acceptors (Lipinski definition) is 2. The van der Waals surface area contributed by atoms with Gasteiger partial charge in [0.05, 0.1) is 17.7 Å². The maximum atomic E-state index is 12.8. The molecule has 0 aliphatic heterocycles. The van der Waals surface area contributed by atoms with Crippen molar-refractivity contribution in [1.29, 1.82) is 0 Å². The average molecular weight is 325 g/mol. The molecule has 21 heavy (non-hydrogen) atoms. The zero-order chi connectivity index (χ0) is 16.2. The van der Waals surface area contributed by atoms with Crippen LogP contribution in [0, 0.1) is 0 Å². The normalized spacial score (nSPS) is 12.6. The van der Waals surface area contributed by atoms with Gasteiger partial charge in [0.25, 0.3) is 0 Å². The molecule has 1 unspecified atom stereocenters. The van der Waals surface area contributed by atoms with Crippen molar-refractivity contribution in [1.82, 2.24) is 5.32 Å². The minimum Gasteiger partial charge on any atom is -0.481 e. The lowest BCUT2D eigenvalue weighted by Crippen LogP contribution is -2.37. The van der Waals surface area contributed by atoms with E-state index in [0.717, 1.165) is 6.07 Å². The Morgan fingerprint density at radius 3 is 2.52 bits per heavy atom. The minimum absolute atomic E-state index is 0.118. The van der Waals surface area contributed by atoms with Gasteiger partial charge in [-0.15, -0.1) is 0 Å². The van der Waals surface area contributed by atoms with E-state index in [1.165, 1.54) is 13.0 Å². The predicted octanol–water partition coefficient (Wildman–Crippen LogP) is 3.34. The molecule has 0 heterocycles. The topological polar surface area (TPSA) is 78.4 Å². The Kier molecular flexibility index (Phi) is 5.42. The van der Waals surface area contributed by atoms with Crippen LogP contribution in [0.25, 0.3) is 0 Å². The van der Waals surface area contributed by atoms with Gasteiger partial charge >= 0.3 is 18.2 Å². The molecule has 0 spiro atoms. The van der Waals surface area contributed by atoms with Crippen molar-refractivity contribution in [3.63, 3.8) is 0 Å². The molecule has 0 bridgehead atoms. The van der Waals surface area contributed by atoms with E-state index in [-0.39, 0.29) is 11.4 Å². The molecule has 0 aliphatic carbocycles. The monoisotopic (exact) mass is 324 g/mol. The number of carboxylic acids is 1. The quantitative estimate of drug-likeness (QED) is 0.794. The fourth-order valence-electron chi connectivity index (χ4n) is 1.56. The Bertz CT molecular complexity index is 549. The number of anilines is 1. The second-order valence-corrected chi connectivity index (χ2v) is 4.72. The third-order valence-corrected chi connectivity index (χ3v) is 2.63. The van der Waals surface area contributed by atoms with Gasteiger partial charge in [-0.25, -0.2) is 4.79 Å². The lowest BCUT2D eigenvalue weighted by atomic mass is 10.1. The van der Waals surface area contributed by atoms with Crippen LogP contribution in [-0.2, 0) is 11.0 Å². The van der Waals surface area contributed by atoms with Crippen molar-refractivity contribution in [3.8, 4) is 0 Å². The van der Waals surface area contributed by atoms with E-state index in [2.05, 4.69) is 5.32 Å². The average Bonchev–Trinajstić information content (AvgIpc) is 2.28. The molecule has 0 radical (unpaired) electrons. The van der Waals surface area contributed by atoms with Gasteiger partial charge in [0.2, 0.25) is 0 Å². The number of hydrogen-bond donors (Lipinski definition) is 3. The van der Waals surface area contributed by atoms with E-state index in [1.54, 1.807) is 0 Å². The van der Waals surface area contributed by atoms with Crippen LogP contribution in [-0.4, -0.2) is 23.1 Å². The summed E-state index contributed by atoms with van der Waals surface area (Å²) in [7, 11) is 0. The molecule has 1 rings (SSSR count). The molecule has 3 N–H and O–H groups in total. The van der Waals surface area contributed by atoms with Gasteiger partial charge in [-0.3, -0.25) is 4.79 Å². The van der Waals surface area contributed by atoms with E-state index < -0.39 is 35.5 Å². The first-order chi connectivity index (χ1) is 9.59. The van der Waals surface area contributed by atoms with Crippen molar-refractivity contribution in [2.75, 3.05) is 5.32 Å². The molecule has 1 aromatic carbocycles. The molecule has 2 amide bonds. The maximum Gasteiger partial charge on any atom is 0.418 e. The molecule has 5 nitrogen and oxygen atoms in total. The number of halogens is 4. The number of benzene rings is 1. The van der Waals surface area contributed by atoms with Crippen molar-refractivity contribution in [3.05, 3.63) is 28.8 Å². The summed E-state index contributed by atoms with van der Waals surface area (Å²) < 4.78 is 38.4. The Labute approximate surface area is 123 Å². The van der Waals surface area contributed by atoms with Gasteiger partial charge in [-0.05, 0) is 25.1 Å². The van der Waals surface area contributed by atoms with Gasteiger partial charge in [0, 0.05) is 11.1 Å². The molecule has 1 aromatic rings. The fourth-order valence-corrected chi connectivity index (χ4v) is 1.73. The molecule has 1 atom stereocenters. The Balaban J connectivity index is 2.83. The third-order valence-electron chi connectivity index (χ3n) is 2.39. The van der Waals surface area contributed by atoms with Crippen molar-refractivity contribution < 1.29 is 27.9 Å². The van der Waals surface area contributed by atoms with Crippen LogP contribution >= 0.6 is 11.6 Å². The molecule has 0 saturated carbocycles. The predicted molar refractivity (Wildman–Crippen MR) is 70.3 cm³/mol. The van der Waals surface area contributed by atoms with E-state index in [9.17, 15) is 22.8 Å². The van der Waals surface area contributed by atoms with Crippen LogP contribution in [0.3, 0.4) is 0 Å². The van der Waals surface area contributed by atoms with E-state index in [4.69, 9.17) is 16.7 Å². The largest absolute Gasteiger partial charge is 0.481 e. The molecule has 0 saturated heterocycles. The first-order valence-corrected chi connectivity index (χ1v) is 6.13. The summed E-state index contributed by atoms with van der Waals surface area (Å²) in [6.07, 6.45) is -5.03. The summed E-state index contributed by atoms with van der Waals surface area (Å²) >= 11 is 5.51. The number of nitrogens with one attached hydrogen (secondary N) is 2. The highest BCUT2D eigenvalue weighted by molar-refractivity contribution is 6.30. The summed E-state index contributed by atoms with van der Waals surface area (Å²) in [5, 5.41) is 12.7. The standard InChI is InChI=1S/C12H12ClF3N2O3/c1-6(4-10(19)20)17-11(21)18-9-3-2-7(13)5-8(9)12(14,15)16/h2-3,5-6H,4H2,1H3,(H,19,20)(H2,17,18,21). The smallest absolute Gasteiger partial charge is 0.418 e.